The molecule has 0 aromatic carbocycles. The van der Waals surface area contributed by atoms with Gasteiger partial charge in [0.15, 0.2) is 0 Å². The Bertz CT molecular complexity index is 345. The Labute approximate surface area is 95.1 Å². The van der Waals surface area contributed by atoms with Crippen LogP contribution in [-0.2, 0) is 13.5 Å². The van der Waals surface area contributed by atoms with Crippen LogP contribution in [0.4, 0.5) is 0 Å². The van der Waals surface area contributed by atoms with Crippen molar-refractivity contribution in [2.24, 2.45) is 12.9 Å². The summed E-state index contributed by atoms with van der Waals surface area (Å²) in [6.07, 6.45) is 3.39. The summed E-state index contributed by atoms with van der Waals surface area (Å²) in [5.74, 6) is 5.44. The summed E-state index contributed by atoms with van der Waals surface area (Å²) in [6, 6.07) is 0.148. The minimum Gasteiger partial charge on any atom is -0.271 e. The Balaban J connectivity index is 2.82. The molecule has 84 valence electrons. The molecule has 1 unspecified atom stereocenters. The van der Waals surface area contributed by atoms with Crippen LogP contribution >= 0.6 is 11.6 Å². The summed E-state index contributed by atoms with van der Waals surface area (Å²) in [4.78, 5) is 0. The fourth-order valence-electron chi connectivity index (χ4n) is 1.55. The molecule has 0 aliphatic heterocycles. The maximum Gasteiger partial charge on any atom is 0.0847 e. The van der Waals surface area contributed by atoms with Gasteiger partial charge in [0, 0.05) is 19.5 Å². The minimum atomic E-state index is 0.148. The van der Waals surface area contributed by atoms with Crippen molar-refractivity contribution in [2.75, 3.05) is 0 Å². The molecule has 0 radical (unpaired) electrons. The molecule has 0 bridgehead atoms. The number of nitrogens with two attached hydrogens (primary N) is 1. The van der Waals surface area contributed by atoms with E-state index in [0.717, 1.165) is 29.3 Å². The Morgan fingerprint density at radius 2 is 2.40 bits per heavy atom. The fourth-order valence-corrected chi connectivity index (χ4v) is 1.78. The van der Waals surface area contributed by atoms with Gasteiger partial charge in [-0.15, -0.1) is 6.58 Å². The van der Waals surface area contributed by atoms with Gasteiger partial charge in [0.05, 0.1) is 16.4 Å². The van der Waals surface area contributed by atoms with Crippen molar-refractivity contribution in [1.29, 1.82) is 0 Å². The molecule has 15 heavy (non-hydrogen) atoms. The highest BCUT2D eigenvalue weighted by Gasteiger charge is 2.15. The maximum absolute atomic E-state index is 6.14. The first-order valence-electron chi connectivity index (χ1n) is 4.85. The van der Waals surface area contributed by atoms with E-state index in [9.17, 15) is 0 Å². The average molecular weight is 229 g/mol. The molecule has 1 aromatic rings. The van der Waals surface area contributed by atoms with E-state index in [1.165, 1.54) is 0 Å². The van der Waals surface area contributed by atoms with Crippen molar-refractivity contribution in [2.45, 2.75) is 25.8 Å². The summed E-state index contributed by atoms with van der Waals surface area (Å²) in [5.41, 5.74) is 4.59. The van der Waals surface area contributed by atoms with Gasteiger partial charge in [-0.3, -0.25) is 16.0 Å². The number of hydrogen-bond donors (Lipinski definition) is 2. The SMILES string of the molecule is C=CCC(Cc1c(Cl)c(C)nn1C)NN. The Morgan fingerprint density at radius 1 is 1.73 bits per heavy atom. The summed E-state index contributed by atoms with van der Waals surface area (Å²) in [6.45, 7) is 5.58. The molecular weight excluding hydrogens is 212 g/mol. The summed E-state index contributed by atoms with van der Waals surface area (Å²) < 4.78 is 1.80. The van der Waals surface area contributed by atoms with Crippen molar-refractivity contribution in [3.8, 4) is 0 Å². The molecule has 0 amide bonds. The van der Waals surface area contributed by atoms with E-state index in [1.54, 1.807) is 4.68 Å². The highest BCUT2D eigenvalue weighted by molar-refractivity contribution is 6.31. The molecule has 4 nitrogen and oxygen atoms in total. The van der Waals surface area contributed by atoms with Gasteiger partial charge >= 0.3 is 0 Å². The van der Waals surface area contributed by atoms with Gasteiger partial charge in [-0.1, -0.05) is 17.7 Å². The third-order valence-electron chi connectivity index (χ3n) is 2.39. The van der Waals surface area contributed by atoms with Crippen LogP contribution in [0.2, 0.25) is 5.02 Å². The van der Waals surface area contributed by atoms with Gasteiger partial charge in [0.25, 0.3) is 0 Å². The lowest BCUT2D eigenvalue weighted by atomic mass is 10.1. The van der Waals surface area contributed by atoms with E-state index in [0.29, 0.717) is 0 Å². The molecular formula is C10H17ClN4. The van der Waals surface area contributed by atoms with Gasteiger partial charge in [-0.2, -0.15) is 5.10 Å². The number of hydrogen-bond acceptors (Lipinski definition) is 3. The predicted molar refractivity (Wildman–Crippen MR) is 62.6 cm³/mol. The molecule has 1 rings (SSSR count). The zero-order chi connectivity index (χ0) is 11.4. The normalized spacial score (nSPS) is 12.8. The number of rotatable bonds is 5. The molecule has 1 heterocycles. The van der Waals surface area contributed by atoms with Crippen molar-refractivity contribution < 1.29 is 0 Å². The summed E-state index contributed by atoms with van der Waals surface area (Å²) in [5, 5.41) is 4.97. The molecule has 0 saturated heterocycles. The third-order valence-corrected chi connectivity index (χ3v) is 2.88. The molecule has 0 fully saturated rings. The first-order valence-corrected chi connectivity index (χ1v) is 5.23. The number of aromatic nitrogens is 2. The van der Waals surface area contributed by atoms with Crippen LogP contribution in [0.25, 0.3) is 0 Å². The lowest BCUT2D eigenvalue weighted by Crippen LogP contribution is -2.36. The Morgan fingerprint density at radius 3 is 2.80 bits per heavy atom. The summed E-state index contributed by atoms with van der Waals surface area (Å²) >= 11 is 6.14. The standard InChI is InChI=1S/C10H17ClN4/c1-4-5-8(13-12)6-9-10(11)7(2)14-15(9)3/h4,8,13H,1,5-6,12H2,2-3H3. The molecule has 1 atom stereocenters. The second-order valence-corrected chi connectivity index (χ2v) is 3.94. The number of halogens is 1. The number of hydrazine groups is 1. The van der Waals surface area contributed by atoms with Crippen LogP contribution in [0, 0.1) is 6.92 Å². The van der Waals surface area contributed by atoms with Crippen LogP contribution in [0.15, 0.2) is 12.7 Å². The van der Waals surface area contributed by atoms with E-state index in [1.807, 2.05) is 20.0 Å². The van der Waals surface area contributed by atoms with E-state index >= 15 is 0 Å². The molecule has 0 aliphatic rings. The lowest BCUT2D eigenvalue weighted by molar-refractivity contribution is 0.512. The first kappa shape index (κ1) is 12.2. The van der Waals surface area contributed by atoms with Crippen LogP contribution in [0.1, 0.15) is 17.8 Å². The molecule has 1 aromatic heterocycles. The van der Waals surface area contributed by atoms with E-state index in [4.69, 9.17) is 17.4 Å². The lowest BCUT2D eigenvalue weighted by Gasteiger charge is -2.13. The molecule has 3 N–H and O–H groups in total. The van der Waals surface area contributed by atoms with E-state index in [2.05, 4.69) is 17.1 Å². The molecule has 0 aliphatic carbocycles. The van der Waals surface area contributed by atoms with Gasteiger partial charge in [0.2, 0.25) is 0 Å². The largest absolute Gasteiger partial charge is 0.271 e. The second-order valence-electron chi connectivity index (χ2n) is 3.56. The van der Waals surface area contributed by atoms with Gasteiger partial charge < -0.3 is 0 Å². The average Bonchev–Trinajstić information content (AvgIpc) is 2.44. The Kier molecular flexibility index (Phi) is 4.32. The van der Waals surface area contributed by atoms with Gasteiger partial charge in [-0.25, -0.2) is 0 Å². The van der Waals surface area contributed by atoms with E-state index < -0.39 is 0 Å². The maximum atomic E-state index is 6.14. The van der Waals surface area contributed by atoms with Gasteiger partial charge in [-0.05, 0) is 13.3 Å². The highest BCUT2D eigenvalue weighted by atomic mass is 35.5. The zero-order valence-electron chi connectivity index (χ0n) is 9.13. The Hall–Kier alpha value is -0.840. The van der Waals surface area contributed by atoms with Crippen LogP contribution in [0.5, 0.6) is 0 Å². The topological polar surface area (TPSA) is 55.9 Å². The third kappa shape index (κ3) is 2.81. The quantitative estimate of drug-likeness (QED) is 0.454. The monoisotopic (exact) mass is 228 g/mol. The number of nitrogens with zero attached hydrogens (tertiary/aromatic N) is 2. The van der Waals surface area contributed by atoms with Crippen LogP contribution < -0.4 is 11.3 Å². The minimum absolute atomic E-state index is 0.148. The molecule has 0 spiro atoms. The van der Waals surface area contributed by atoms with Crippen molar-refractivity contribution in [3.05, 3.63) is 29.1 Å². The fraction of sp³-hybridized carbons (Fsp3) is 0.500. The summed E-state index contributed by atoms with van der Waals surface area (Å²) in [7, 11) is 1.88. The van der Waals surface area contributed by atoms with Crippen LogP contribution in [0.3, 0.4) is 0 Å². The second kappa shape index (κ2) is 5.30. The first-order chi connectivity index (χ1) is 7.10. The van der Waals surface area contributed by atoms with Crippen molar-refractivity contribution >= 4 is 11.6 Å². The van der Waals surface area contributed by atoms with Crippen molar-refractivity contribution in [3.63, 3.8) is 0 Å². The predicted octanol–water partition coefficient (Wildman–Crippen LogP) is 1.33. The molecule has 0 saturated carbocycles. The number of nitrogens with one attached hydrogen (secondary N) is 1. The molecule has 5 heteroatoms. The smallest absolute Gasteiger partial charge is 0.0847 e. The highest BCUT2D eigenvalue weighted by Crippen LogP contribution is 2.21. The van der Waals surface area contributed by atoms with Gasteiger partial charge in [0.1, 0.15) is 0 Å². The number of aryl methyl sites for hydroxylation is 2. The van der Waals surface area contributed by atoms with Crippen molar-refractivity contribution in [1.82, 2.24) is 15.2 Å². The van der Waals surface area contributed by atoms with Crippen LogP contribution in [-0.4, -0.2) is 15.8 Å². The zero-order valence-corrected chi connectivity index (χ0v) is 9.88. The van der Waals surface area contributed by atoms with E-state index in [-0.39, 0.29) is 6.04 Å².